The van der Waals surface area contributed by atoms with Crippen LogP contribution in [-0.2, 0) is 21.4 Å². The molecular formula is C25H33NO3. The Kier molecular flexibility index (Phi) is 3.58. The van der Waals surface area contributed by atoms with Crippen molar-refractivity contribution in [2.24, 2.45) is 11.3 Å². The van der Waals surface area contributed by atoms with E-state index in [1.165, 1.54) is 16.7 Å². The van der Waals surface area contributed by atoms with Crippen LogP contribution in [0.4, 0.5) is 0 Å². The summed E-state index contributed by atoms with van der Waals surface area (Å²) in [7, 11) is 4.13. The molecule has 2 aliphatic heterocycles. The fourth-order valence-electron chi connectivity index (χ4n) is 8.68. The molecule has 3 saturated carbocycles. The Morgan fingerprint density at radius 2 is 2.14 bits per heavy atom. The highest BCUT2D eigenvalue weighted by Gasteiger charge is 2.80. The number of Topliss-reactive ketones (excluding diaryl/α,β-unsaturated/α-hetero) is 1. The number of carbonyl (C=O) groups is 1. The number of rotatable bonds is 4. The largest absolute Gasteiger partial charge is 0.486 e. The summed E-state index contributed by atoms with van der Waals surface area (Å²) in [5.41, 5.74) is 3.92. The molecule has 4 fully saturated rings. The first-order valence-electron chi connectivity index (χ1n) is 11.5. The van der Waals surface area contributed by atoms with Crippen LogP contribution in [0.5, 0.6) is 5.75 Å². The van der Waals surface area contributed by atoms with Crippen molar-refractivity contribution in [2.75, 3.05) is 20.7 Å². The van der Waals surface area contributed by atoms with Gasteiger partial charge in [0.1, 0.15) is 23.2 Å². The molecule has 29 heavy (non-hydrogen) atoms. The molecule has 7 rings (SSSR count). The molecule has 6 aliphatic rings. The number of fused-ring (bicyclic) bond motifs is 2. The number of nitrogens with zero attached hydrogens (tertiary/aromatic N) is 1. The van der Waals surface area contributed by atoms with E-state index in [1.54, 1.807) is 0 Å². The number of likely N-dealkylation sites (tertiary alicyclic amines) is 1. The Hall–Kier alpha value is -1.39. The summed E-state index contributed by atoms with van der Waals surface area (Å²) >= 11 is 0. The fraction of sp³-hybridized carbons (Fsp3) is 0.720. The lowest BCUT2D eigenvalue weighted by Crippen LogP contribution is -2.81. The average molecular weight is 396 g/mol. The predicted octanol–water partition coefficient (Wildman–Crippen LogP) is 3.81. The minimum absolute atomic E-state index is 0.0120. The van der Waals surface area contributed by atoms with E-state index in [0.29, 0.717) is 18.2 Å². The Bertz CT molecular complexity index is 912. The molecule has 0 radical (unpaired) electrons. The van der Waals surface area contributed by atoms with Gasteiger partial charge >= 0.3 is 0 Å². The molecule has 1 aromatic rings. The first kappa shape index (κ1) is 18.4. The van der Waals surface area contributed by atoms with Crippen molar-refractivity contribution in [3.63, 3.8) is 0 Å². The molecule has 6 atom stereocenters. The third kappa shape index (κ3) is 1.84. The van der Waals surface area contributed by atoms with Gasteiger partial charge in [0.05, 0.1) is 5.92 Å². The van der Waals surface area contributed by atoms with E-state index in [0.717, 1.165) is 50.8 Å². The second kappa shape index (κ2) is 5.64. The highest BCUT2D eigenvalue weighted by atomic mass is 16.6. The summed E-state index contributed by atoms with van der Waals surface area (Å²) in [5.74, 6) is 1.44. The third-order valence-corrected chi connectivity index (χ3v) is 9.63. The van der Waals surface area contributed by atoms with Crippen LogP contribution in [0.1, 0.15) is 62.1 Å². The minimum Gasteiger partial charge on any atom is -0.486 e. The van der Waals surface area contributed by atoms with Gasteiger partial charge in [0, 0.05) is 36.0 Å². The zero-order valence-electron chi connectivity index (χ0n) is 18.2. The van der Waals surface area contributed by atoms with E-state index < -0.39 is 5.60 Å². The van der Waals surface area contributed by atoms with Gasteiger partial charge in [-0.15, -0.1) is 0 Å². The van der Waals surface area contributed by atoms with E-state index in [4.69, 9.17) is 9.47 Å². The molecule has 1 aromatic carbocycles. The first-order chi connectivity index (χ1) is 13.9. The average Bonchev–Trinajstić information content (AvgIpc) is 3.05. The maximum absolute atomic E-state index is 13.4. The Morgan fingerprint density at radius 3 is 2.90 bits per heavy atom. The molecule has 2 heterocycles. The second-order valence-corrected chi connectivity index (χ2v) is 10.5. The quantitative estimate of drug-likeness (QED) is 0.777. The first-order valence-corrected chi connectivity index (χ1v) is 11.5. The van der Waals surface area contributed by atoms with Crippen molar-refractivity contribution in [3.8, 4) is 5.75 Å². The maximum Gasteiger partial charge on any atom is 0.139 e. The predicted molar refractivity (Wildman–Crippen MR) is 111 cm³/mol. The minimum atomic E-state index is -0.476. The van der Waals surface area contributed by atoms with Crippen LogP contribution < -0.4 is 4.74 Å². The van der Waals surface area contributed by atoms with Crippen molar-refractivity contribution < 1.29 is 14.3 Å². The molecule has 1 saturated heterocycles. The molecule has 4 heteroatoms. The van der Waals surface area contributed by atoms with Gasteiger partial charge in [0.15, 0.2) is 0 Å². The second-order valence-electron chi connectivity index (χ2n) is 10.5. The third-order valence-electron chi connectivity index (χ3n) is 9.63. The number of benzene rings is 1. The molecule has 2 spiro atoms. The molecule has 0 amide bonds. The number of methoxy groups -OCH3 is 1. The van der Waals surface area contributed by atoms with Gasteiger partial charge in [-0.25, -0.2) is 0 Å². The topological polar surface area (TPSA) is 38.8 Å². The Morgan fingerprint density at radius 1 is 1.31 bits per heavy atom. The summed E-state index contributed by atoms with van der Waals surface area (Å²) in [6.07, 6.45) is 6.82. The highest BCUT2D eigenvalue weighted by Crippen LogP contribution is 2.76. The number of aryl methyl sites for hydroxylation is 1. The number of ether oxygens (including phenoxy) is 2. The van der Waals surface area contributed by atoms with E-state index in [-0.39, 0.29) is 22.9 Å². The van der Waals surface area contributed by atoms with Crippen molar-refractivity contribution in [1.82, 2.24) is 4.90 Å². The van der Waals surface area contributed by atoms with E-state index in [1.807, 2.05) is 7.11 Å². The maximum atomic E-state index is 13.4. The molecule has 4 nitrogen and oxygen atoms in total. The fourth-order valence-corrected chi connectivity index (χ4v) is 8.68. The SMILES string of the molecule is CCCC(=O)[C@H]1C[C@@]23CC[C@]1(OC)[C@@H]1Oc4cc(C)cc5c4[C@@]12CCN(C)[C@@H]3C5. The van der Waals surface area contributed by atoms with E-state index in [2.05, 4.69) is 37.9 Å². The monoisotopic (exact) mass is 395 g/mol. The molecule has 4 aliphatic carbocycles. The van der Waals surface area contributed by atoms with Crippen LogP contribution in [-0.4, -0.2) is 49.1 Å². The van der Waals surface area contributed by atoms with Gasteiger partial charge in [-0.2, -0.15) is 0 Å². The summed E-state index contributed by atoms with van der Waals surface area (Å²) in [5, 5.41) is 0. The van der Waals surface area contributed by atoms with Gasteiger partial charge in [-0.05, 0) is 76.2 Å². The molecule has 0 N–H and O–H groups in total. The molecule has 4 bridgehead atoms. The normalized spacial score (nSPS) is 43.8. The van der Waals surface area contributed by atoms with Crippen molar-refractivity contribution in [3.05, 3.63) is 28.8 Å². The van der Waals surface area contributed by atoms with Gasteiger partial charge in [-0.3, -0.25) is 4.79 Å². The summed E-state index contributed by atoms with van der Waals surface area (Å²) in [6.45, 7) is 5.39. The van der Waals surface area contributed by atoms with Crippen molar-refractivity contribution >= 4 is 5.78 Å². The van der Waals surface area contributed by atoms with Crippen LogP contribution >= 0.6 is 0 Å². The Balaban J connectivity index is 1.63. The van der Waals surface area contributed by atoms with Gasteiger partial charge < -0.3 is 14.4 Å². The number of ketones is 1. The number of carbonyl (C=O) groups excluding carboxylic acids is 1. The van der Waals surface area contributed by atoms with E-state index in [9.17, 15) is 4.79 Å². The van der Waals surface area contributed by atoms with Gasteiger partial charge in [0.25, 0.3) is 0 Å². The van der Waals surface area contributed by atoms with Gasteiger partial charge in [-0.1, -0.05) is 13.0 Å². The number of piperidine rings is 1. The highest BCUT2D eigenvalue weighted by molar-refractivity contribution is 5.83. The standard InChI is InChI=1S/C25H33NO3/c1-5-6-18(27)17-14-23-7-8-25(17,28-4)22-24(23)9-10-26(3)20(23)13-16-11-15(2)12-19(29-22)21(16)24/h11-12,17,20,22H,5-10,13-14H2,1-4H3/t17-,20-,22-,23-,24+,25-/m1/s1. The lowest BCUT2D eigenvalue weighted by Gasteiger charge is -2.73. The Labute approximate surface area is 173 Å². The summed E-state index contributed by atoms with van der Waals surface area (Å²) in [4.78, 5) is 16.0. The van der Waals surface area contributed by atoms with E-state index >= 15 is 0 Å². The number of likely N-dealkylation sites (N-methyl/N-ethyl adjacent to an activating group) is 1. The van der Waals surface area contributed by atoms with Crippen LogP contribution in [0.15, 0.2) is 12.1 Å². The molecular weight excluding hydrogens is 362 g/mol. The van der Waals surface area contributed by atoms with Crippen molar-refractivity contribution in [2.45, 2.75) is 82.0 Å². The number of hydrogen-bond acceptors (Lipinski definition) is 4. The smallest absolute Gasteiger partial charge is 0.139 e. The zero-order valence-corrected chi connectivity index (χ0v) is 18.2. The lowest BCUT2D eigenvalue weighted by molar-refractivity contribution is -0.270. The number of hydrogen-bond donors (Lipinski definition) is 0. The van der Waals surface area contributed by atoms with Crippen molar-refractivity contribution in [1.29, 1.82) is 0 Å². The van der Waals surface area contributed by atoms with Crippen LogP contribution in [0.25, 0.3) is 0 Å². The van der Waals surface area contributed by atoms with Gasteiger partial charge in [0.2, 0.25) is 0 Å². The summed E-state index contributed by atoms with van der Waals surface area (Å²) < 4.78 is 13.3. The molecule has 0 unspecified atom stereocenters. The van der Waals surface area contributed by atoms with Crippen LogP contribution in [0.2, 0.25) is 0 Å². The molecule has 0 aromatic heterocycles. The molecule has 156 valence electrons. The summed E-state index contributed by atoms with van der Waals surface area (Å²) in [6, 6.07) is 5.13. The lowest BCUT2D eigenvalue weighted by atomic mass is 9.34. The van der Waals surface area contributed by atoms with Crippen LogP contribution in [0, 0.1) is 18.3 Å². The van der Waals surface area contributed by atoms with Crippen LogP contribution in [0.3, 0.4) is 0 Å². The zero-order chi connectivity index (χ0) is 20.2.